The summed E-state index contributed by atoms with van der Waals surface area (Å²) in [7, 11) is 0. The van der Waals surface area contributed by atoms with Gasteiger partial charge >= 0.3 is 5.97 Å². The van der Waals surface area contributed by atoms with Crippen molar-refractivity contribution in [2.45, 2.75) is 25.9 Å². The highest BCUT2D eigenvalue weighted by Crippen LogP contribution is 2.34. The van der Waals surface area contributed by atoms with E-state index in [2.05, 4.69) is 5.32 Å². The predicted molar refractivity (Wildman–Crippen MR) is 97.7 cm³/mol. The Balaban J connectivity index is 1.56. The predicted octanol–water partition coefficient (Wildman–Crippen LogP) is 2.16. The van der Waals surface area contributed by atoms with Gasteiger partial charge in [0.25, 0.3) is 5.91 Å². The molecule has 0 unspecified atom stereocenters. The van der Waals surface area contributed by atoms with Crippen LogP contribution in [0.3, 0.4) is 0 Å². The minimum Gasteiger partial charge on any atom is -0.451 e. The average Bonchev–Trinajstić information content (AvgIpc) is 2.89. The van der Waals surface area contributed by atoms with Crippen molar-refractivity contribution < 1.29 is 23.9 Å². The van der Waals surface area contributed by atoms with E-state index in [1.807, 2.05) is 12.2 Å². The van der Waals surface area contributed by atoms with Crippen LogP contribution in [0.4, 0.5) is 5.69 Å². The van der Waals surface area contributed by atoms with Crippen LogP contribution in [0.2, 0.25) is 5.02 Å². The zero-order valence-corrected chi connectivity index (χ0v) is 15.4. The highest BCUT2D eigenvalue weighted by molar-refractivity contribution is 6.33. The quantitative estimate of drug-likeness (QED) is 0.472. The third kappa shape index (κ3) is 4.03. The van der Waals surface area contributed by atoms with Gasteiger partial charge in [0, 0.05) is 0 Å². The van der Waals surface area contributed by atoms with E-state index in [4.69, 9.17) is 16.3 Å². The van der Waals surface area contributed by atoms with Crippen LogP contribution in [0, 0.1) is 11.8 Å². The second-order valence-corrected chi connectivity index (χ2v) is 6.93. The van der Waals surface area contributed by atoms with E-state index in [1.165, 1.54) is 6.92 Å². The van der Waals surface area contributed by atoms with E-state index in [0.29, 0.717) is 23.6 Å². The Bertz CT molecular complexity index is 796. The standard InChI is InChI=1S/C19H19ClN2O5/c1-11(17(24)21-15-9-5-4-8-14(15)20)27-16(23)10-22-18(25)12-6-2-3-7-13(12)19(22)26/h2-5,8-9,11-13H,6-7,10H2,1H3,(H,21,24)/t11-,12+,13+/m1/s1. The van der Waals surface area contributed by atoms with Gasteiger partial charge in [-0.3, -0.25) is 24.1 Å². The number of ether oxygens (including phenoxy) is 1. The minimum absolute atomic E-state index is 0.355. The van der Waals surface area contributed by atoms with Crippen LogP contribution >= 0.6 is 11.6 Å². The highest BCUT2D eigenvalue weighted by atomic mass is 35.5. The lowest BCUT2D eigenvalue weighted by Gasteiger charge is -2.17. The molecule has 1 aromatic rings. The number of likely N-dealkylation sites (tertiary alicyclic amines) is 1. The van der Waals surface area contributed by atoms with Crippen molar-refractivity contribution in [3.8, 4) is 0 Å². The fraction of sp³-hybridized carbons (Fsp3) is 0.368. The Kier molecular flexibility index (Phi) is 5.60. The molecule has 1 aromatic carbocycles. The maximum Gasteiger partial charge on any atom is 0.326 e. The molecule has 8 heteroatoms. The summed E-state index contributed by atoms with van der Waals surface area (Å²) in [5, 5.41) is 2.92. The molecule has 3 rings (SSSR count). The summed E-state index contributed by atoms with van der Waals surface area (Å²) in [6, 6.07) is 6.66. The molecule has 1 fully saturated rings. The Morgan fingerprint density at radius 2 is 1.78 bits per heavy atom. The monoisotopic (exact) mass is 390 g/mol. The average molecular weight is 391 g/mol. The normalized spacial score (nSPS) is 22.4. The first kappa shape index (κ1) is 19.1. The summed E-state index contributed by atoms with van der Waals surface area (Å²) in [5.41, 5.74) is 0.397. The minimum atomic E-state index is -1.11. The van der Waals surface area contributed by atoms with Crippen molar-refractivity contribution in [1.29, 1.82) is 0 Å². The molecular weight excluding hydrogens is 372 g/mol. The third-order valence-corrected chi connectivity index (χ3v) is 5.02. The molecule has 0 spiro atoms. The Morgan fingerprint density at radius 3 is 2.37 bits per heavy atom. The van der Waals surface area contributed by atoms with Crippen LogP contribution in [-0.2, 0) is 23.9 Å². The Labute approximate surface area is 161 Å². The molecule has 0 aromatic heterocycles. The molecule has 3 amide bonds. The molecule has 27 heavy (non-hydrogen) atoms. The molecule has 0 saturated carbocycles. The van der Waals surface area contributed by atoms with Crippen molar-refractivity contribution in [1.82, 2.24) is 4.90 Å². The summed E-state index contributed by atoms with van der Waals surface area (Å²) < 4.78 is 5.08. The molecule has 1 aliphatic heterocycles. The van der Waals surface area contributed by atoms with Gasteiger partial charge in [0.15, 0.2) is 6.10 Å². The lowest BCUT2D eigenvalue weighted by Crippen LogP contribution is -2.39. The number of benzene rings is 1. The highest BCUT2D eigenvalue weighted by Gasteiger charge is 2.47. The van der Waals surface area contributed by atoms with Crippen molar-refractivity contribution >= 4 is 41.0 Å². The summed E-state index contributed by atoms with van der Waals surface area (Å²) in [6.07, 6.45) is 3.63. The van der Waals surface area contributed by atoms with Crippen LogP contribution in [0.5, 0.6) is 0 Å². The number of imide groups is 1. The number of fused-ring (bicyclic) bond motifs is 1. The number of esters is 1. The van der Waals surface area contributed by atoms with Gasteiger partial charge in [-0.05, 0) is 31.9 Å². The number of amides is 3. The first-order chi connectivity index (χ1) is 12.9. The smallest absolute Gasteiger partial charge is 0.326 e. The lowest BCUT2D eigenvalue weighted by atomic mass is 9.85. The number of allylic oxidation sites excluding steroid dienone is 2. The van der Waals surface area contributed by atoms with Crippen LogP contribution in [-0.4, -0.2) is 41.2 Å². The molecule has 1 saturated heterocycles. The van der Waals surface area contributed by atoms with E-state index in [-0.39, 0.29) is 11.8 Å². The van der Waals surface area contributed by atoms with E-state index in [1.54, 1.807) is 24.3 Å². The molecule has 7 nitrogen and oxygen atoms in total. The van der Waals surface area contributed by atoms with Gasteiger partial charge < -0.3 is 10.1 Å². The van der Waals surface area contributed by atoms with Gasteiger partial charge in [-0.2, -0.15) is 0 Å². The number of anilines is 1. The number of nitrogens with one attached hydrogen (secondary N) is 1. The van der Waals surface area contributed by atoms with Gasteiger partial charge in [-0.25, -0.2) is 0 Å². The number of rotatable bonds is 5. The van der Waals surface area contributed by atoms with Crippen molar-refractivity contribution in [2.75, 3.05) is 11.9 Å². The molecule has 0 radical (unpaired) electrons. The molecular formula is C19H19ClN2O5. The first-order valence-electron chi connectivity index (χ1n) is 8.63. The Morgan fingerprint density at radius 1 is 1.19 bits per heavy atom. The van der Waals surface area contributed by atoms with Crippen LogP contribution in [0.1, 0.15) is 19.8 Å². The van der Waals surface area contributed by atoms with Gasteiger partial charge in [-0.1, -0.05) is 35.9 Å². The number of carbonyl (C=O) groups is 4. The van der Waals surface area contributed by atoms with E-state index < -0.39 is 36.4 Å². The second-order valence-electron chi connectivity index (χ2n) is 6.52. The van der Waals surface area contributed by atoms with Crippen molar-refractivity contribution in [2.24, 2.45) is 11.8 Å². The number of hydrogen-bond acceptors (Lipinski definition) is 5. The summed E-state index contributed by atoms with van der Waals surface area (Å²) in [4.78, 5) is 49.9. The number of para-hydroxylation sites is 1. The topological polar surface area (TPSA) is 92.8 Å². The zero-order chi connectivity index (χ0) is 19.6. The van der Waals surface area contributed by atoms with Crippen LogP contribution < -0.4 is 5.32 Å². The molecule has 1 heterocycles. The fourth-order valence-corrected chi connectivity index (χ4v) is 3.42. The summed E-state index contributed by atoms with van der Waals surface area (Å²) >= 11 is 5.97. The van der Waals surface area contributed by atoms with Gasteiger partial charge in [0.05, 0.1) is 22.5 Å². The van der Waals surface area contributed by atoms with Gasteiger partial charge in [0.2, 0.25) is 11.8 Å². The van der Waals surface area contributed by atoms with E-state index >= 15 is 0 Å². The van der Waals surface area contributed by atoms with Crippen molar-refractivity contribution in [3.05, 3.63) is 41.4 Å². The summed E-state index contributed by atoms with van der Waals surface area (Å²) in [6.45, 7) is 0.912. The Hall–Kier alpha value is -2.67. The summed E-state index contributed by atoms with van der Waals surface area (Å²) in [5.74, 6) is -2.91. The maximum absolute atomic E-state index is 12.4. The third-order valence-electron chi connectivity index (χ3n) is 4.70. The van der Waals surface area contributed by atoms with E-state index in [0.717, 1.165) is 4.90 Å². The van der Waals surface area contributed by atoms with Gasteiger partial charge in [-0.15, -0.1) is 0 Å². The number of nitrogens with zero attached hydrogens (tertiary/aromatic N) is 1. The SMILES string of the molecule is C[C@@H](OC(=O)CN1C(=O)[C@H]2CC=CC[C@@H]2C1=O)C(=O)Nc1ccccc1Cl. The zero-order valence-electron chi connectivity index (χ0n) is 14.7. The number of halogens is 1. The number of hydrogen-bond donors (Lipinski definition) is 1. The van der Waals surface area contributed by atoms with Crippen LogP contribution in [0.25, 0.3) is 0 Å². The van der Waals surface area contributed by atoms with E-state index in [9.17, 15) is 19.2 Å². The second kappa shape index (κ2) is 7.92. The molecule has 1 aliphatic carbocycles. The lowest BCUT2D eigenvalue weighted by molar-refractivity contribution is -0.158. The number of carbonyl (C=O) groups excluding carboxylic acids is 4. The molecule has 142 valence electrons. The van der Waals surface area contributed by atoms with Crippen molar-refractivity contribution in [3.63, 3.8) is 0 Å². The molecule has 0 bridgehead atoms. The maximum atomic E-state index is 12.4. The molecule has 2 aliphatic rings. The first-order valence-corrected chi connectivity index (χ1v) is 9.01. The molecule has 3 atom stereocenters. The largest absolute Gasteiger partial charge is 0.451 e. The van der Waals surface area contributed by atoms with Gasteiger partial charge in [0.1, 0.15) is 6.54 Å². The molecule has 1 N–H and O–H groups in total. The fourth-order valence-electron chi connectivity index (χ4n) is 3.24. The van der Waals surface area contributed by atoms with Crippen LogP contribution in [0.15, 0.2) is 36.4 Å².